The van der Waals surface area contributed by atoms with Crippen LogP contribution in [0.4, 0.5) is 4.39 Å². The van der Waals surface area contributed by atoms with Crippen LogP contribution in [0.2, 0.25) is 0 Å². The molecule has 2 fully saturated rings. The van der Waals surface area contributed by atoms with Crippen molar-refractivity contribution in [2.24, 2.45) is 4.99 Å². The van der Waals surface area contributed by atoms with Crippen LogP contribution in [0.1, 0.15) is 50.5 Å². The van der Waals surface area contributed by atoms with Crippen molar-refractivity contribution in [3.05, 3.63) is 35.6 Å². The molecule has 0 unspecified atom stereocenters. The Kier molecular flexibility index (Phi) is 10.8. The van der Waals surface area contributed by atoms with Gasteiger partial charge in [-0.2, -0.15) is 0 Å². The highest BCUT2D eigenvalue weighted by atomic mass is 127. The van der Waals surface area contributed by atoms with Gasteiger partial charge in [0.2, 0.25) is 0 Å². The van der Waals surface area contributed by atoms with Gasteiger partial charge < -0.3 is 19.7 Å². The molecule has 3 rings (SSSR count). The summed E-state index contributed by atoms with van der Waals surface area (Å²) in [6.07, 6.45) is 8.06. The van der Waals surface area contributed by atoms with Crippen molar-refractivity contribution in [1.82, 2.24) is 10.2 Å². The van der Waals surface area contributed by atoms with Gasteiger partial charge >= 0.3 is 0 Å². The van der Waals surface area contributed by atoms with Gasteiger partial charge in [0.15, 0.2) is 5.96 Å². The van der Waals surface area contributed by atoms with E-state index in [0.717, 1.165) is 70.9 Å². The van der Waals surface area contributed by atoms with Crippen LogP contribution in [0.25, 0.3) is 0 Å². The highest BCUT2D eigenvalue weighted by molar-refractivity contribution is 14.0. The molecule has 170 valence electrons. The number of methoxy groups -OCH3 is 1. The molecule has 5 nitrogen and oxygen atoms in total. The number of nitrogens with one attached hydrogen (secondary N) is 1. The number of hydrogen-bond acceptors (Lipinski definition) is 3. The maximum absolute atomic E-state index is 13.4. The molecule has 0 aromatic heterocycles. The van der Waals surface area contributed by atoms with E-state index in [2.05, 4.69) is 15.2 Å². The van der Waals surface area contributed by atoms with Crippen molar-refractivity contribution in [3.8, 4) is 0 Å². The summed E-state index contributed by atoms with van der Waals surface area (Å²) in [6, 6.07) is 7.08. The van der Waals surface area contributed by atoms with Crippen LogP contribution in [0.15, 0.2) is 29.3 Å². The highest BCUT2D eigenvalue weighted by Gasteiger charge is 2.36. The van der Waals surface area contributed by atoms with E-state index in [-0.39, 0.29) is 35.2 Å². The first-order chi connectivity index (χ1) is 14.2. The van der Waals surface area contributed by atoms with E-state index in [1.54, 1.807) is 19.2 Å². The number of benzene rings is 1. The summed E-state index contributed by atoms with van der Waals surface area (Å²) in [5.41, 5.74) is 1.31. The Morgan fingerprint density at radius 1 is 1.17 bits per heavy atom. The zero-order valence-electron chi connectivity index (χ0n) is 18.4. The normalized spacial score (nSPS) is 19.6. The first kappa shape index (κ1) is 25.3. The molecule has 0 atom stereocenters. The van der Waals surface area contributed by atoms with E-state index in [1.807, 2.05) is 19.2 Å². The summed E-state index contributed by atoms with van der Waals surface area (Å²) in [4.78, 5) is 6.87. The Morgan fingerprint density at radius 3 is 2.43 bits per heavy atom. The smallest absolute Gasteiger partial charge is 0.193 e. The average Bonchev–Trinajstić information content (AvgIpc) is 3.23. The van der Waals surface area contributed by atoms with Gasteiger partial charge in [0, 0.05) is 52.4 Å². The number of rotatable bonds is 8. The lowest BCUT2D eigenvalue weighted by Gasteiger charge is -2.36. The SMILES string of the molecule is CN=C(NCC1(c2ccc(F)cc2)CCCC1)N1CCC(OCCCOC)CC1.I. The third-order valence-electron chi connectivity index (χ3n) is 6.40. The molecule has 7 heteroatoms. The molecule has 0 bridgehead atoms. The van der Waals surface area contributed by atoms with Gasteiger partial charge in [-0.15, -0.1) is 24.0 Å². The number of nitrogens with zero attached hydrogens (tertiary/aromatic N) is 2. The minimum atomic E-state index is -0.169. The van der Waals surface area contributed by atoms with E-state index in [4.69, 9.17) is 9.47 Å². The van der Waals surface area contributed by atoms with Gasteiger partial charge in [0.1, 0.15) is 5.82 Å². The van der Waals surface area contributed by atoms with Crippen LogP contribution >= 0.6 is 24.0 Å². The Labute approximate surface area is 197 Å². The number of likely N-dealkylation sites (tertiary alicyclic amines) is 1. The predicted molar refractivity (Wildman–Crippen MR) is 130 cm³/mol. The second kappa shape index (κ2) is 12.8. The second-order valence-electron chi connectivity index (χ2n) is 8.30. The molecular formula is C23H37FIN3O2. The number of piperidine rings is 1. The van der Waals surface area contributed by atoms with E-state index < -0.39 is 0 Å². The molecule has 0 radical (unpaired) electrons. The minimum absolute atomic E-state index is 0. The summed E-state index contributed by atoms with van der Waals surface area (Å²) in [7, 11) is 3.58. The molecule has 1 aliphatic carbocycles. The molecular weight excluding hydrogens is 496 g/mol. The molecule has 1 N–H and O–H groups in total. The molecule has 1 aliphatic heterocycles. The van der Waals surface area contributed by atoms with E-state index in [1.165, 1.54) is 18.4 Å². The Bertz CT molecular complexity index is 642. The molecule has 1 saturated carbocycles. The van der Waals surface area contributed by atoms with Crippen molar-refractivity contribution in [3.63, 3.8) is 0 Å². The predicted octanol–water partition coefficient (Wildman–Crippen LogP) is 4.35. The average molecular weight is 533 g/mol. The fourth-order valence-electron chi connectivity index (χ4n) is 4.69. The topological polar surface area (TPSA) is 46.1 Å². The fourth-order valence-corrected chi connectivity index (χ4v) is 4.69. The molecule has 1 aromatic rings. The first-order valence-corrected chi connectivity index (χ1v) is 11.0. The molecule has 2 aliphatic rings. The van der Waals surface area contributed by atoms with Gasteiger partial charge in [-0.05, 0) is 49.8 Å². The Hall–Kier alpha value is -0.930. The monoisotopic (exact) mass is 533 g/mol. The zero-order valence-corrected chi connectivity index (χ0v) is 20.7. The maximum Gasteiger partial charge on any atom is 0.193 e. The molecule has 1 heterocycles. The Morgan fingerprint density at radius 2 is 1.83 bits per heavy atom. The van der Waals surface area contributed by atoms with Gasteiger partial charge in [-0.3, -0.25) is 4.99 Å². The third kappa shape index (κ3) is 6.79. The first-order valence-electron chi connectivity index (χ1n) is 11.0. The lowest BCUT2D eigenvalue weighted by molar-refractivity contribution is 0.00987. The van der Waals surface area contributed by atoms with Crippen LogP contribution < -0.4 is 5.32 Å². The van der Waals surface area contributed by atoms with Gasteiger partial charge in [-0.1, -0.05) is 25.0 Å². The summed E-state index contributed by atoms with van der Waals surface area (Å²) in [5.74, 6) is 0.800. The molecule has 1 aromatic carbocycles. The fraction of sp³-hybridized carbons (Fsp3) is 0.696. The van der Waals surface area contributed by atoms with Crippen LogP contribution in [-0.4, -0.2) is 64.0 Å². The standard InChI is InChI=1S/C23H36FN3O2.HI/c1-25-22(27-14-10-21(11-15-27)29-17-5-16-28-2)26-18-23(12-3-4-13-23)19-6-8-20(24)9-7-19;/h6-9,21H,3-5,10-18H2,1-2H3,(H,25,26);1H. The zero-order chi connectivity index (χ0) is 20.5. The summed E-state index contributed by atoms with van der Waals surface area (Å²) in [5, 5.41) is 3.63. The van der Waals surface area contributed by atoms with E-state index in [9.17, 15) is 4.39 Å². The number of guanidine groups is 1. The van der Waals surface area contributed by atoms with Gasteiger partial charge in [-0.25, -0.2) is 4.39 Å². The number of hydrogen-bond donors (Lipinski definition) is 1. The highest BCUT2D eigenvalue weighted by Crippen LogP contribution is 2.40. The summed E-state index contributed by atoms with van der Waals surface area (Å²) >= 11 is 0. The van der Waals surface area contributed by atoms with Gasteiger partial charge in [0.25, 0.3) is 0 Å². The van der Waals surface area contributed by atoms with Crippen molar-refractivity contribution in [2.45, 2.75) is 56.5 Å². The van der Waals surface area contributed by atoms with Crippen LogP contribution in [0.5, 0.6) is 0 Å². The largest absolute Gasteiger partial charge is 0.385 e. The van der Waals surface area contributed by atoms with Gasteiger partial charge in [0.05, 0.1) is 6.10 Å². The lowest BCUT2D eigenvalue weighted by Crippen LogP contribution is -2.50. The minimum Gasteiger partial charge on any atom is -0.385 e. The quantitative estimate of drug-likeness (QED) is 0.234. The Balaban J connectivity index is 0.00000320. The number of halogens is 2. The number of aliphatic imine (C=N–C) groups is 1. The van der Waals surface area contributed by atoms with E-state index >= 15 is 0 Å². The summed E-state index contributed by atoms with van der Waals surface area (Å²) in [6.45, 7) is 4.28. The van der Waals surface area contributed by atoms with E-state index in [0.29, 0.717) is 6.10 Å². The third-order valence-corrected chi connectivity index (χ3v) is 6.40. The van der Waals surface area contributed by atoms with Crippen molar-refractivity contribution in [2.75, 3.05) is 47.0 Å². The van der Waals surface area contributed by atoms with Crippen LogP contribution in [0.3, 0.4) is 0 Å². The van der Waals surface area contributed by atoms with Crippen LogP contribution in [0, 0.1) is 5.82 Å². The lowest BCUT2D eigenvalue weighted by atomic mass is 9.79. The summed E-state index contributed by atoms with van der Waals surface area (Å²) < 4.78 is 24.5. The second-order valence-corrected chi connectivity index (χ2v) is 8.30. The molecule has 0 spiro atoms. The molecule has 1 saturated heterocycles. The van der Waals surface area contributed by atoms with Crippen LogP contribution in [-0.2, 0) is 14.9 Å². The number of ether oxygens (including phenoxy) is 2. The molecule has 0 amide bonds. The van der Waals surface area contributed by atoms with Crippen molar-refractivity contribution >= 4 is 29.9 Å². The van der Waals surface area contributed by atoms with Crippen molar-refractivity contribution < 1.29 is 13.9 Å². The molecule has 30 heavy (non-hydrogen) atoms. The van der Waals surface area contributed by atoms with Crippen molar-refractivity contribution in [1.29, 1.82) is 0 Å². The maximum atomic E-state index is 13.4.